The molecule has 1 saturated heterocycles. The molecule has 0 aromatic heterocycles. The average Bonchev–Trinajstić information content (AvgIpc) is 3.25. The molecule has 0 saturated carbocycles. The molecule has 1 fully saturated rings. The number of rotatable bonds is 8. The Morgan fingerprint density at radius 2 is 1.84 bits per heavy atom. The van der Waals surface area contributed by atoms with Gasteiger partial charge in [-0.05, 0) is 30.9 Å². The fraction of sp³-hybridized carbons (Fsp3) is 0.440. The van der Waals surface area contributed by atoms with E-state index in [1.165, 1.54) is 0 Å². The Bertz CT molecular complexity index is 886. The standard InChI is InChI=1S/C25H30N2O4/c28-23(27-16-14-20-18-30-22-12-7-6-11-21(22)24(20)27)13-5-2-8-15-26-25(29)31-17-19-9-3-1-4-10-19/h1,3-4,6-7,9-12,20,24H,2,5,8,13-18H2,(H,26,29)/t20-,24-/m0/s1. The predicted molar refractivity (Wildman–Crippen MR) is 118 cm³/mol. The number of likely N-dealkylation sites (tertiary alicyclic amines) is 1. The van der Waals surface area contributed by atoms with Crippen molar-refractivity contribution in [3.8, 4) is 5.75 Å². The first-order valence-corrected chi connectivity index (χ1v) is 11.2. The second-order valence-corrected chi connectivity index (χ2v) is 8.23. The SMILES string of the molecule is O=C(NCCCCCC(=O)N1CC[C@H]2COc3ccccc3[C@H]21)OCc1ccccc1. The van der Waals surface area contributed by atoms with Crippen LogP contribution in [0.2, 0.25) is 0 Å². The zero-order valence-corrected chi connectivity index (χ0v) is 17.8. The number of hydrogen-bond acceptors (Lipinski definition) is 4. The third kappa shape index (κ3) is 5.37. The van der Waals surface area contributed by atoms with E-state index >= 15 is 0 Å². The van der Waals surface area contributed by atoms with Gasteiger partial charge in [-0.25, -0.2) is 4.79 Å². The summed E-state index contributed by atoms with van der Waals surface area (Å²) < 4.78 is 11.1. The van der Waals surface area contributed by atoms with Gasteiger partial charge in [0.2, 0.25) is 5.91 Å². The molecule has 31 heavy (non-hydrogen) atoms. The van der Waals surface area contributed by atoms with Crippen molar-refractivity contribution < 1.29 is 19.1 Å². The van der Waals surface area contributed by atoms with E-state index < -0.39 is 6.09 Å². The van der Waals surface area contributed by atoms with Gasteiger partial charge in [-0.3, -0.25) is 4.79 Å². The summed E-state index contributed by atoms with van der Waals surface area (Å²) in [6, 6.07) is 17.8. The highest BCUT2D eigenvalue weighted by atomic mass is 16.5. The summed E-state index contributed by atoms with van der Waals surface area (Å²) in [5, 5.41) is 2.77. The molecule has 2 atom stereocenters. The quantitative estimate of drug-likeness (QED) is 0.638. The van der Waals surface area contributed by atoms with E-state index in [0.29, 0.717) is 25.5 Å². The molecule has 2 aromatic carbocycles. The maximum atomic E-state index is 12.9. The molecule has 2 aliphatic heterocycles. The highest BCUT2D eigenvalue weighted by Crippen LogP contribution is 2.44. The van der Waals surface area contributed by atoms with Gasteiger partial charge in [-0.2, -0.15) is 0 Å². The number of alkyl carbamates (subject to hydrolysis) is 1. The number of fused-ring (bicyclic) bond motifs is 3. The van der Waals surface area contributed by atoms with Crippen molar-refractivity contribution in [2.45, 2.75) is 44.8 Å². The van der Waals surface area contributed by atoms with Crippen LogP contribution in [0.4, 0.5) is 4.79 Å². The van der Waals surface area contributed by atoms with Crippen molar-refractivity contribution in [3.05, 3.63) is 65.7 Å². The zero-order valence-electron chi connectivity index (χ0n) is 17.8. The Balaban J connectivity index is 1.13. The molecular weight excluding hydrogens is 392 g/mol. The molecule has 2 aliphatic rings. The monoisotopic (exact) mass is 422 g/mol. The number of unbranched alkanes of at least 4 members (excludes halogenated alkanes) is 2. The Hall–Kier alpha value is -3.02. The van der Waals surface area contributed by atoms with Crippen LogP contribution in [0.5, 0.6) is 5.75 Å². The summed E-state index contributed by atoms with van der Waals surface area (Å²) in [6.45, 7) is 2.33. The van der Waals surface area contributed by atoms with Crippen molar-refractivity contribution in [1.82, 2.24) is 10.2 Å². The molecule has 2 aromatic rings. The molecule has 6 nitrogen and oxygen atoms in total. The first-order valence-electron chi connectivity index (χ1n) is 11.2. The lowest BCUT2D eigenvalue weighted by Crippen LogP contribution is -2.35. The van der Waals surface area contributed by atoms with Crippen LogP contribution in [0.15, 0.2) is 54.6 Å². The number of nitrogens with one attached hydrogen (secondary N) is 1. The summed E-state index contributed by atoms with van der Waals surface area (Å²) in [5.41, 5.74) is 2.11. The van der Waals surface area contributed by atoms with Crippen molar-refractivity contribution in [3.63, 3.8) is 0 Å². The van der Waals surface area contributed by atoms with Crippen LogP contribution < -0.4 is 10.1 Å². The molecule has 2 heterocycles. The van der Waals surface area contributed by atoms with Crippen LogP contribution in [-0.2, 0) is 16.1 Å². The normalized spacial score (nSPS) is 19.2. The highest BCUT2D eigenvalue weighted by molar-refractivity contribution is 5.77. The van der Waals surface area contributed by atoms with E-state index in [9.17, 15) is 9.59 Å². The lowest BCUT2D eigenvalue weighted by Gasteiger charge is -2.33. The first kappa shape index (κ1) is 21.2. The van der Waals surface area contributed by atoms with Crippen molar-refractivity contribution >= 4 is 12.0 Å². The summed E-state index contributed by atoms with van der Waals surface area (Å²) in [7, 11) is 0. The topological polar surface area (TPSA) is 67.9 Å². The number of nitrogens with zero attached hydrogens (tertiary/aromatic N) is 1. The number of amides is 2. The van der Waals surface area contributed by atoms with Crippen molar-refractivity contribution in [1.29, 1.82) is 0 Å². The van der Waals surface area contributed by atoms with Crippen molar-refractivity contribution in [2.24, 2.45) is 5.92 Å². The Morgan fingerprint density at radius 3 is 2.71 bits per heavy atom. The number of hydrogen-bond donors (Lipinski definition) is 1. The maximum Gasteiger partial charge on any atom is 0.407 e. The van der Waals surface area contributed by atoms with E-state index in [0.717, 1.165) is 49.1 Å². The molecule has 0 aliphatic carbocycles. The van der Waals surface area contributed by atoms with Crippen LogP contribution in [0, 0.1) is 5.92 Å². The molecule has 0 bridgehead atoms. The second-order valence-electron chi connectivity index (χ2n) is 8.23. The molecule has 0 spiro atoms. The number of benzene rings is 2. The summed E-state index contributed by atoms with van der Waals surface area (Å²) >= 11 is 0. The van der Waals surface area contributed by atoms with Gasteiger partial charge in [-0.15, -0.1) is 0 Å². The second kappa shape index (κ2) is 10.3. The summed E-state index contributed by atoms with van der Waals surface area (Å²) in [6.07, 6.45) is 3.69. The summed E-state index contributed by atoms with van der Waals surface area (Å²) in [5.74, 6) is 1.53. The lowest BCUT2D eigenvalue weighted by atomic mass is 9.91. The van der Waals surface area contributed by atoms with Gasteiger partial charge in [0, 0.05) is 31.0 Å². The van der Waals surface area contributed by atoms with E-state index in [-0.39, 0.29) is 18.6 Å². The molecule has 1 N–H and O–H groups in total. The van der Waals surface area contributed by atoms with Gasteiger partial charge >= 0.3 is 6.09 Å². The highest BCUT2D eigenvalue weighted by Gasteiger charge is 2.41. The molecule has 6 heteroatoms. The van der Waals surface area contributed by atoms with Gasteiger partial charge in [0.25, 0.3) is 0 Å². The number of carbonyl (C=O) groups excluding carboxylic acids is 2. The molecule has 0 unspecified atom stereocenters. The zero-order chi connectivity index (χ0) is 21.5. The lowest BCUT2D eigenvalue weighted by molar-refractivity contribution is -0.133. The van der Waals surface area contributed by atoms with Gasteiger partial charge in [0.15, 0.2) is 0 Å². The third-order valence-corrected chi connectivity index (χ3v) is 6.08. The maximum absolute atomic E-state index is 12.9. The Labute approximate surface area is 183 Å². The fourth-order valence-electron chi connectivity index (χ4n) is 4.47. The largest absolute Gasteiger partial charge is 0.493 e. The van der Waals surface area contributed by atoms with Crippen LogP contribution in [0.1, 0.15) is 49.3 Å². The van der Waals surface area contributed by atoms with E-state index in [1.54, 1.807) is 0 Å². The van der Waals surface area contributed by atoms with Gasteiger partial charge in [0.05, 0.1) is 12.6 Å². The Kier molecular flexibility index (Phi) is 7.07. The average molecular weight is 423 g/mol. The third-order valence-electron chi connectivity index (χ3n) is 6.08. The number of ether oxygens (including phenoxy) is 2. The predicted octanol–water partition coefficient (Wildman–Crippen LogP) is 4.46. The van der Waals surface area contributed by atoms with Crippen LogP contribution in [0.25, 0.3) is 0 Å². The Morgan fingerprint density at radius 1 is 1.03 bits per heavy atom. The molecular formula is C25H30N2O4. The van der Waals surface area contributed by atoms with Crippen LogP contribution in [-0.4, -0.2) is 36.6 Å². The smallest absolute Gasteiger partial charge is 0.407 e. The van der Waals surface area contributed by atoms with E-state index in [4.69, 9.17) is 9.47 Å². The minimum Gasteiger partial charge on any atom is -0.493 e. The molecule has 164 valence electrons. The molecule has 2 amide bonds. The van der Waals surface area contributed by atoms with E-state index in [1.807, 2.05) is 53.4 Å². The van der Waals surface area contributed by atoms with Crippen molar-refractivity contribution in [2.75, 3.05) is 19.7 Å². The van der Waals surface area contributed by atoms with Gasteiger partial charge in [0.1, 0.15) is 12.4 Å². The molecule has 4 rings (SSSR count). The van der Waals surface area contributed by atoms with E-state index in [2.05, 4.69) is 11.4 Å². The summed E-state index contributed by atoms with van der Waals surface area (Å²) in [4.78, 5) is 26.7. The fourth-order valence-corrected chi connectivity index (χ4v) is 4.47. The van der Waals surface area contributed by atoms with Gasteiger partial charge < -0.3 is 19.7 Å². The number of para-hydroxylation sites is 1. The minimum atomic E-state index is -0.402. The van der Waals surface area contributed by atoms with Crippen LogP contribution in [0.3, 0.4) is 0 Å². The minimum absolute atomic E-state index is 0.151. The van der Waals surface area contributed by atoms with Gasteiger partial charge in [-0.1, -0.05) is 55.0 Å². The number of carbonyl (C=O) groups is 2. The molecule has 0 radical (unpaired) electrons. The van der Waals surface area contributed by atoms with Crippen LogP contribution >= 0.6 is 0 Å². The first-order chi connectivity index (χ1) is 15.2.